The number of rotatable bonds is 3. The predicted molar refractivity (Wildman–Crippen MR) is 55.0 cm³/mol. The van der Waals surface area contributed by atoms with E-state index in [2.05, 4.69) is 10.1 Å². The molecule has 0 unspecified atom stereocenters. The lowest BCUT2D eigenvalue weighted by Crippen LogP contribution is -2.43. The first kappa shape index (κ1) is 11.1. The molecule has 0 radical (unpaired) electrons. The second-order valence-electron chi connectivity index (χ2n) is 4.42. The molecule has 16 heavy (non-hydrogen) atoms. The number of aromatic nitrogens is 2. The van der Waals surface area contributed by atoms with Crippen molar-refractivity contribution in [2.24, 2.45) is 5.73 Å². The summed E-state index contributed by atoms with van der Waals surface area (Å²) in [5.41, 5.74) is 5.90. The second kappa shape index (κ2) is 4.21. The number of nitrogens with two attached hydrogens (primary N) is 1. The van der Waals surface area contributed by atoms with Crippen LogP contribution in [0.3, 0.4) is 0 Å². The minimum atomic E-state index is -1.18. The van der Waals surface area contributed by atoms with Gasteiger partial charge in [0.05, 0.1) is 0 Å². The molecule has 88 valence electrons. The number of carboxylic acid groups (broad SMARTS) is 1. The summed E-state index contributed by atoms with van der Waals surface area (Å²) in [6.45, 7) is 0. The van der Waals surface area contributed by atoms with Gasteiger partial charge in [0.2, 0.25) is 5.89 Å². The molecule has 0 amide bonds. The Kier molecular flexibility index (Phi) is 2.91. The number of nitrogens with zero attached hydrogens (tertiary/aromatic N) is 2. The van der Waals surface area contributed by atoms with Gasteiger partial charge in [-0.1, -0.05) is 19.3 Å². The van der Waals surface area contributed by atoms with E-state index in [-0.39, 0.29) is 11.4 Å². The summed E-state index contributed by atoms with van der Waals surface area (Å²) in [5.74, 6) is -1.15. The van der Waals surface area contributed by atoms with Gasteiger partial charge in [-0.15, -0.1) is 0 Å². The van der Waals surface area contributed by atoms with E-state index >= 15 is 0 Å². The van der Waals surface area contributed by atoms with Gasteiger partial charge in [0.25, 0.3) is 5.82 Å². The summed E-state index contributed by atoms with van der Waals surface area (Å²) in [6.07, 6.45) is 5.75. The summed E-state index contributed by atoms with van der Waals surface area (Å²) in [7, 11) is 0. The van der Waals surface area contributed by atoms with E-state index in [0.717, 1.165) is 25.7 Å². The highest BCUT2D eigenvalue weighted by Gasteiger charge is 2.30. The largest absolute Gasteiger partial charge is 0.475 e. The number of aromatic carboxylic acids is 1. The lowest BCUT2D eigenvalue weighted by molar-refractivity contribution is 0.0680. The number of hydrogen-bond donors (Lipinski definition) is 2. The fraction of sp³-hybridized carbons (Fsp3) is 0.700. The highest BCUT2D eigenvalue weighted by molar-refractivity contribution is 5.82. The molecule has 1 fully saturated rings. The number of hydrogen-bond acceptors (Lipinski definition) is 5. The molecular weight excluding hydrogens is 210 g/mol. The van der Waals surface area contributed by atoms with Crippen LogP contribution in [0.2, 0.25) is 0 Å². The van der Waals surface area contributed by atoms with Crippen LogP contribution in [0.15, 0.2) is 4.52 Å². The third-order valence-corrected chi connectivity index (χ3v) is 3.01. The SMILES string of the molecule is NC1(Cc2nc(C(=O)O)no2)CCCCC1. The van der Waals surface area contributed by atoms with Crippen molar-refractivity contribution in [1.82, 2.24) is 10.1 Å². The van der Waals surface area contributed by atoms with Crippen molar-refractivity contribution in [2.75, 3.05) is 0 Å². The Bertz CT molecular complexity index is 382. The van der Waals surface area contributed by atoms with Crippen molar-refractivity contribution in [1.29, 1.82) is 0 Å². The van der Waals surface area contributed by atoms with Crippen molar-refractivity contribution in [3.05, 3.63) is 11.7 Å². The molecule has 0 saturated heterocycles. The Balaban J connectivity index is 2.04. The second-order valence-corrected chi connectivity index (χ2v) is 4.42. The molecule has 0 aromatic carbocycles. The maximum Gasteiger partial charge on any atom is 0.377 e. The smallest absolute Gasteiger partial charge is 0.377 e. The number of carbonyl (C=O) groups is 1. The van der Waals surface area contributed by atoms with E-state index in [4.69, 9.17) is 15.4 Å². The van der Waals surface area contributed by atoms with Gasteiger partial charge in [-0.05, 0) is 18.0 Å². The fourth-order valence-electron chi connectivity index (χ4n) is 2.15. The normalized spacial score (nSPS) is 19.6. The summed E-state index contributed by atoms with van der Waals surface area (Å²) >= 11 is 0. The molecule has 1 aromatic rings. The van der Waals surface area contributed by atoms with Gasteiger partial charge >= 0.3 is 5.97 Å². The molecule has 0 spiro atoms. The van der Waals surface area contributed by atoms with E-state index in [1.165, 1.54) is 6.42 Å². The van der Waals surface area contributed by atoms with Gasteiger partial charge in [0.15, 0.2) is 0 Å². The van der Waals surface area contributed by atoms with Crippen molar-refractivity contribution >= 4 is 5.97 Å². The van der Waals surface area contributed by atoms with Gasteiger partial charge in [-0.3, -0.25) is 0 Å². The molecule has 1 heterocycles. The Hall–Kier alpha value is -1.43. The average molecular weight is 225 g/mol. The Morgan fingerprint density at radius 1 is 1.44 bits per heavy atom. The van der Waals surface area contributed by atoms with Gasteiger partial charge < -0.3 is 15.4 Å². The van der Waals surface area contributed by atoms with Crippen molar-refractivity contribution in [2.45, 2.75) is 44.1 Å². The van der Waals surface area contributed by atoms with Crippen LogP contribution in [0.5, 0.6) is 0 Å². The molecule has 6 nitrogen and oxygen atoms in total. The molecular formula is C10H15N3O3. The molecule has 1 aliphatic carbocycles. The van der Waals surface area contributed by atoms with Crippen LogP contribution in [-0.2, 0) is 6.42 Å². The highest BCUT2D eigenvalue weighted by Crippen LogP contribution is 2.28. The van der Waals surface area contributed by atoms with Crippen LogP contribution in [0.4, 0.5) is 0 Å². The zero-order valence-electron chi connectivity index (χ0n) is 8.98. The summed E-state index contributed by atoms with van der Waals surface area (Å²) in [5, 5.41) is 12.0. The van der Waals surface area contributed by atoms with Gasteiger partial charge in [-0.2, -0.15) is 4.98 Å². The van der Waals surface area contributed by atoms with Crippen LogP contribution >= 0.6 is 0 Å². The summed E-state index contributed by atoms with van der Waals surface area (Å²) in [6, 6.07) is 0. The lowest BCUT2D eigenvalue weighted by Gasteiger charge is -2.31. The maximum atomic E-state index is 10.6. The topological polar surface area (TPSA) is 102 Å². The lowest BCUT2D eigenvalue weighted by atomic mass is 9.80. The standard InChI is InChI=1S/C10H15N3O3/c11-10(4-2-1-3-5-10)6-7-12-8(9(14)15)13-16-7/h1-6,11H2,(H,14,15). The van der Waals surface area contributed by atoms with Crippen LogP contribution in [-0.4, -0.2) is 26.8 Å². The minimum absolute atomic E-state index is 0.297. The molecule has 3 N–H and O–H groups in total. The average Bonchev–Trinajstić information content (AvgIpc) is 2.66. The minimum Gasteiger partial charge on any atom is -0.475 e. The molecule has 0 atom stereocenters. The van der Waals surface area contributed by atoms with Crippen LogP contribution < -0.4 is 5.73 Å². The Morgan fingerprint density at radius 2 is 2.12 bits per heavy atom. The zero-order chi connectivity index (χ0) is 11.6. The first-order valence-corrected chi connectivity index (χ1v) is 5.44. The fourth-order valence-corrected chi connectivity index (χ4v) is 2.15. The third-order valence-electron chi connectivity index (χ3n) is 3.01. The predicted octanol–water partition coefficient (Wildman–Crippen LogP) is 0.972. The van der Waals surface area contributed by atoms with E-state index < -0.39 is 5.97 Å². The molecule has 1 aromatic heterocycles. The first-order valence-electron chi connectivity index (χ1n) is 5.44. The van der Waals surface area contributed by atoms with Gasteiger partial charge in [0.1, 0.15) is 0 Å². The van der Waals surface area contributed by atoms with E-state index in [1.807, 2.05) is 0 Å². The molecule has 2 rings (SSSR count). The quantitative estimate of drug-likeness (QED) is 0.794. The molecule has 6 heteroatoms. The zero-order valence-corrected chi connectivity index (χ0v) is 8.98. The van der Waals surface area contributed by atoms with E-state index in [0.29, 0.717) is 12.3 Å². The Morgan fingerprint density at radius 3 is 2.69 bits per heavy atom. The summed E-state index contributed by atoms with van der Waals surface area (Å²) in [4.78, 5) is 14.4. The van der Waals surface area contributed by atoms with Crippen LogP contribution in [0, 0.1) is 0 Å². The van der Waals surface area contributed by atoms with Crippen LogP contribution in [0.1, 0.15) is 48.6 Å². The van der Waals surface area contributed by atoms with E-state index in [1.54, 1.807) is 0 Å². The Labute approximate surface area is 92.8 Å². The van der Waals surface area contributed by atoms with E-state index in [9.17, 15) is 4.79 Å². The molecule has 1 aliphatic rings. The molecule has 1 saturated carbocycles. The molecule has 0 aliphatic heterocycles. The maximum absolute atomic E-state index is 10.6. The monoisotopic (exact) mass is 225 g/mol. The van der Waals surface area contributed by atoms with Crippen molar-refractivity contribution in [3.63, 3.8) is 0 Å². The summed E-state index contributed by atoms with van der Waals surface area (Å²) < 4.78 is 4.87. The highest BCUT2D eigenvalue weighted by atomic mass is 16.5. The molecule has 0 bridgehead atoms. The van der Waals surface area contributed by atoms with Gasteiger partial charge in [-0.25, -0.2) is 4.79 Å². The van der Waals surface area contributed by atoms with Crippen molar-refractivity contribution in [3.8, 4) is 0 Å². The van der Waals surface area contributed by atoms with Crippen LogP contribution in [0.25, 0.3) is 0 Å². The van der Waals surface area contributed by atoms with Crippen molar-refractivity contribution < 1.29 is 14.4 Å². The van der Waals surface area contributed by atoms with Gasteiger partial charge in [0, 0.05) is 12.0 Å². The third kappa shape index (κ3) is 2.38. The number of carboxylic acids is 1. The first-order chi connectivity index (χ1) is 7.59.